The molecule has 1 aliphatic carbocycles. The summed E-state index contributed by atoms with van der Waals surface area (Å²) in [6.45, 7) is 1.97. The van der Waals surface area contributed by atoms with Gasteiger partial charge in [0.15, 0.2) is 4.80 Å². The topological polar surface area (TPSA) is 17.3 Å². The van der Waals surface area contributed by atoms with E-state index in [-0.39, 0.29) is 5.82 Å². The summed E-state index contributed by atoms with van der Waals surface area (Å²) in [7, 11) is 0. The summed E-state index contributed by atoms with van der Waals surface area (Å²) in [6, 6.07) is 13.1. The third-order valence-corrected chi connectivity index (χ3v) is 5.43. The van der Waals surface area contributed by atoms with Crippen molar-refractivity contribution >= 4 is 28.6 Å². The molecule has 1 fully saturated rings. The smallest absolute Gasteiger partial charge is 0.190 e. The van der Waals surface area contributed by atoms with Crippen molar-refractivity contribution in [2.24, 2.45) is 4.99 Å². The summed E-state index contributed by atoms with van der Waals surface area (Å²) in [6.07, 6.45) is 2.22. The normalized spacial score (nSPS) is 15.0. The van der Waals surface area contributed by atoms with E-state index >= 15 is 0 Å². The van der Waals surface area contributed by atoms with Gasteiger partial charge >= 0.3 is 0 Å². The largest absolute Gasteiger partial charge is 0.313 e. The van der Waals surface area contributed by atoms with Gasteiger partial charge in [-0.05, 0) is 49.6 Å². The summed E-state index contributed by atoms with van der Waals surface area (Å²) < 4.78 is 16.4. The first-order chi connectivity index (χ1) is 11.6. The van der Waals surface area contributed by atoms with E-state index in [0.29, 0.717) is 16.6 Å². The van der Waals surface area contributed by atoms with Crippen LogP contribution in [0.5, 0.6) is 0 Å². The van der Waals surface area contributed by atoms with Crippen molar-refractivity contribution in [1.82, 2.24) is 4.57 Å². The molecular formula is C19H16ClFN2S. The van der Waals surface area contributed by atoms with Crippen LogP contribution in [0.2, 0.25) is 5.02 Å². The Labute approximate surface area is 148 Å². The zero-order valence-electron chi connectivity index (χ0n) is 13.2. The average Bonchev–Trinajstić information content (AvgIpc) is 3.33. The zero-order chi connectivity index (χ0) is 16.7. The Morgan fingerprint density at radius 1 is 1.21 bits per heavy atom. The molecule has 0 N–H and O–H groups in total. The Morgan fingerprint density at radius 2 is 2.00 bits per heavy atom. The highest BCUT2D eigenvalue weighted by Gasteiger charge is 2.28. The minimum Gasteiger partial charge on any atom is -0.313 e. The van der Waals surface area contributed by atoms with Crippen LogP contribution in [0.1, 0.15) is 24.4 Å². The van der Waals surface area contributed by atoms with Gasteiger partial charge in [-0.25, -0.2) is 9.38 Å². The van der Waals surface area contributed by atoms with Gasteiger partial charge in [0, 0.05) is 22.0 Å². The number of rotatable bonds is 3. The van der Waals surface area contributed by atoms with E-state index in [4.69, 9.17) is 16.6 Å². The van der Waals surface area contributed by atoms with Gasteiger partial charge in [-0.15, -0.1) is 11.3 Å². The Kier molecular flexibility index (Phi) is 4.02. The highest BCUT2D eigenvalue weighted by molar-refractivity contribution is 7.07. The maximum Gasteiger partial charge on any atom is 0.190 e. The number of aromatic nitrogens is 1. The van der Waals surface area contributed by atoms with E-state index in [0.717, 1.165) is 34.6 Å². The maximum absolute atomic E-state index is 14.2. The van der Waals surface area contributed by atoms with Crippen molar-refractivity contribution < 1.29 is 4.39 Å². The van der Waals surface area contributed by atoms with Crippen LogP contribution < -0.4 is 4.80 Å². The molecule has 0 spiro atoms. The Balaban J connectivity index is 1.87. The van der Waals surface area contributed by atoms with Crippen LogP contribution in [0.25, 0.3) is 11.3 Å². The lowest BCUT2D eigenvalue weighted by Gasteiger charge is -2.08. The van der Waals surface area contributed by atoms with E-state index in [1.807, 2.05) is 42.6 Å². The van der Waals surface area contributed by atoms with E-state index in [9.17, 15) is 4.39 Å². The number of benzene rings is 2. The molecule has 0 amide bonds. The van der Waals surface area contributed by atoms with Crippen molar-refractivity contribution in [3.63, 3.8) is 0 Å². The SMILES string of the molecule is Cc1ccc(N=c2scc(-c3ccccc3F)n2C2CC2)cc1Cl. The van der Waals surface area contributed by atoms with Crippen LogP contribution in [0.3, 0.4) is 0 Å². The first kappa shape index (κ1) is 15.6. The molecule has 24 heavy (non-hydrogen) atoms. The first-order valence-corrected chi connectivity index (χ1v) is 9.15. The summed E-state index contributed by atoms with van der Waals surface area (Å²) in [5, 5.41) is 2.70. The Hall–Kier alpha value is -1.91. The maximum atomic E-state index is 14.2. The van der Waals surface area contributed by atoms with Gasteiger partial charge in [-0.2, -0.15) is 0 Å². The molecule has 1 aromatic heterocycles. The van der Waals surface area contributed by atoms with Gasteiger partial charge < -0.3 is 4.57 Å². The van der Waals surface area contributed by atoms with Crippen molar-refractivity contribution in [2.45, 2.75) is 25.8 Å². The number of nitrogens with zero attached hydrogens (tertiary/aromatic N) is 2. The number of aryl methyl sites for hydroxylation is 1. The molecule has 0 radical (unpaired) electrons. The fourth-order valence-corrected chi connectivity index (χ4v) is 3.87. The van der Waals surface area contributed by atoms with Crippen LogP contribution in [0.15, 0.2) is 52.8 Å². The van der Waals surface area contributed by atoms with Gasteiger partial charge in [-0.3, -0.25) is 0 Å². The summed E-state index contributed by atoms with van der Waals surface area (Å²) in [5.41, 5.74) is 3.38. The van der Waals surface area contributed by atoms with Gasteiger partial charge in [0.25, 0.3) is 0 Å². The summed E-state index contributed by atoms with van der Waals surface area (Å²) >= 11 is 7.74. The first-order valence-electron chi connectivity index (χ1n) is 7.89. The van der Waals surface area contributed by atoms with Crippen LogP contribution in [-0.2, 0) is 0 Å². The third-order valence-electron chi connectivity index (χ3n) is 4.18. The minimum absolute atomic E-state index is 0.199. The van der Waals surface area contributed by atoms with Gasteiger partial charge in [0.05, 0.1) is 11.4 Å². The summed E-state index contributed by atoms with van der Waals surface area (Å²) in [4.78, 5) is 5.64. The monoisotopic (exact) mass is 358 g/mol. The zero-order valence-corrected chi connectivity index (χ0v) is 14.7. The van der Waals surface area contributed by atoms with E-state index < -0.39 is 0 Å². The molecule has 1 heterocycles. The summed E-state index contributed by atoms with van der Waals surface area (Å²) in [5.74, 6) is -0.199. The number of thiazole rings is 1. The lowest BCUT2D eigenvalue weighted by atomic mass is 10.1. The highest BCUT2D eigenvalue weighted by Crippen LogP contribution is 2.38. The molecular weight excluding hydrogens is 343 g/mol. The molecule has 0 unspecified atom stereocenters. The minimum atomic E-state index is -0.199. The molecule has 1 saturated carbocycles. The van der Waals surface area contributed by atoms with Crippen molar-refractivity contribution in [2.75, 3.05) is 0 Å². The number of hydrogen-bond donors (Lipinski definition) is 0. The number of halogens is 2. The Bertz CT molecular complexity index is 969. The molecule has 0 bridgehead atoms. The van der Waals surface area contributed by atoms with Crippen LogP contribution >= 0.6 is 22.9 Å². The average molecular weight is 359 g/mol. The second kappa shape index (κ2) is 6.19. The van der Waals surface area contributed by atoms with Gasteiger partial charge in [-0.1, -0.05) is 29.8 Å². The van der Waals surface area contributed by atoms with Gasteiger partial charge in [0.2, 0.25) is 0 Å². The molecule has 0 saturated heterocycles. The predicted molar refractivity (Wildman–Crippen MR) is 97.4 cm³/mol. The van der Waals surface area contributed by atoms with Crippen molar-refractivity contribution in [1.29, 1.82) is 0 Å². The van der Waals surface area contributed by atoms with Crippen molar-refractivity contribution in [3.8, 4) is 11.3 Å². The molecule has 3 aromatic rings. The quantitative estimate of drug-likeness (QED) is 0.556. The molecule has 5 heteroatoms. The molecule has 0 atom stereocenters. The molecule has 4 rings (SSSR count). The second-order valence-corrected chi connectivity index (χ2v) is 7.27. The predicted octanol–water partition coefficient (Wildman–Crippen LogP) is 5.88. The van der Waals surface area contributed by atoms with Crippen molar-refractivity contribution in [3.05, 3.63) is 69.0 Å². The molecule has 1 aliphatic rings. The number of hydrogen-bond acceptors (Lipinski definition) is 2. The van der Waals surface area contributed by atoms with Crippen LogP contribution in [0.4, 0.5) is 10.1 Å². The standard InChI is InChI=1S/C19H16ClFN2S/c1-12-6-7-13(10-16(12)20)22-19-23(14-8-9-14)18(11-24-19)15-4-2-3-5-17(15)21/h2-7,10-11,14H,8-9H2,1H3. The fourth-order valence-electron chi connectivity index (χ4n) is 2.71. The third kappa shape index (κ3) is 2.92. The second-order valence-electron chi connectivity index (χ2n) is 6.03. The fraction of sp³-hybridized carbons (Fsp3) is 0.211. The lowest BCUT2D eigenvalue weighted by Crippen LogP contribution is -2.14. The van der Waals surface area contributed by atoms with Crippen LogP contribution in [-0.4, -0.2) is 4.57 Å². The lowest BCUT2D eigenvalue weighted by molar-refractivity contribution is 0.626. The van der Waals surface area contributed by atoms with E-state index in [2.05, 4.69) is 4.57 Å². The van der Waals surface area contributed by atoms with E-state index in [1.165, 1.54) is 17.4 Å². The Morgan fingerprint density at radius 3 is 2.71 bits per heavy atom. The molecule has 2 aromatic carbocycles. The molecule has 2 nitrogen and oxygen atoms in total. The highest BCUT2D eigenvalue weighted by atomic mass is 35.5. The van der Waals surface area contributed by atoms with E-state index in [1.54, 1.807) is 6.07 Å². The van der Waals surface area contributed by atoms with Gasteiger partial charge in [0.1, 0.15) is 5.82 Å². The molecule has 0 aliphatic heterocycles. The molecule has 122 valence electrons. The van der Waals surface area contributed by atoms with Crippen LogP contribution in [0, 0.1) is 12.7 Å².